The molecule has 2 nitrogen and oxygen atoms in total. The fourth-order valence-corrected chi connectivity index (χ4v) is 3.34. The molecule has 0 atom stereocenters. The Kier molecular flexibility index (Phi) is 15.2. The highest BCUT2D eigenvalue weighted by Gasteiger charge is 1.96. The highest BCUT2D eigenvalue weighted by Crippen LogP contribution is 2.15. The average molecular weight is 361 g/mol. The smallest absolute Gasteiger partial charge is 0.0341 e. The number of unbranched alkanes of at least 4 members (excludes halogenated alkanes) is 12. The van der Waals surface area contributed by atoms with Gasteiger partial charge in [0.15, 0.2) is 0 Å². The second-order valence-electron chi connectivity index (χ2n) is 7.67. The topological polar surface area (TPSA) is 24.1 Å². The minimum Gasteiger partial charge on any atom is -0.385 e. The van der Waals surface area contributed by atoms with Gasteiger partial charge in [-0.25, -0.2) is 0 Å². The Morgan fingerprint density at radius 3 is 1.12 bits per heavy atom. The molecule has 0 bridgehead atoms. The zero-order valence-corrected chi connectivity index (χ0v) is 17.6. The van der Waals surface area contributed by atoms with E-state index < -0.39 is 0 Å². The number of benzene rings is 1. The number of hydrogen-bond acceptors (Lipinski definition) is 2. The summed E-state index contributed by atoms with van der Waals surface area (Å²) in [5, 5.41) is 7.09. The molecular weight excluding hydrogens is 316 g/mol. The molecule has 1 rings (SSSR count). The summed E-state index contributed by atoms with van der Waals surface area (Å²) < 4.78 is 0. The van der Waals surface area contributed by atoms with Gasteiger partial charge in [0.05, 0.1) is 0 Å². The van der Waals surface area contributed by atoms with Crippen LogP contribution < -0.4 is 10.6 Å². The highest BCUT2D eigenvalue weighted by molar-refractivity contribution is 5.53. The van der Waals surface area contributed by atoms with Crippen LogP contribution in [0, 0.1) is 0 Å². The first kappa shape index (κ1) is 22.9. The van der Waals surface area contributed by atoms with Gasteiger partial charge in [-0.05, 0) is 37.1 Å². The van der Waals surface area contributed by atoms with Crippen molar-refractivity contribution in [3.63, 3.8) is 0 Å². The van der Waals surface area contributed by atoms with Crippen LogP contribution in [0.15, 0.2) is 24.3 Å². The molecule has 0 aromatic heterocycles. The van der Waals surface area contributed by atoms with Crippen molar-refractivity contribution < 1.29 is 0 Å². The largest absolute Gasteiger partial charge is 0.385 e. The van der Waals surface area contributed by atoms with E-state index >= 15 is 0 Å². The molecule has 0 spiro atoms. The number of nitrogens with one attached hydrogen (secondary N) is 2. The number of hydrogen-bond donors (Lipinski definition) is 2. The Labute approximate surface area is 163 Å². The molecule has 26 heavy (non-hydrogen) atoms. The summed E-state index contributed by atoms with van der Waals surface area (Å²) in [7, 11) is 0. The Morgan fingerprint density at radius 2 is 0.769 bits per heavy atom. The Balaban J connectivity index is 1.98. The summed E-state index contributed by atoms with van der Waals surface area (Å²) in [4.78, 5) is 0. The van der Waals surface area contributed by atoms with Crippen LogP contribution in [0.2, 0.25) is 0 Å². The van der Waals surface area contributed by atoms with E-state index in [1.54, 1.807) is 0 Å². The maximum atomic E-state index is 3.55. The van der Waals surface area contributed by atoms with Gasteiger partial charge >= 0.3 is 0 Å². The van der Waals surface area contributed by atoms with Crippen molar-refractivity contribution in [1.82, 2.24) is 0 Å². The first-order valence-electron chi connectivity index (χ1n) is 11.4. The standard InChI is InChI=1S/C24H44N2/c1-3-5-7-9-11-13-15-21-25-23-17-19-24(20-18-23)26-22-16-14-12-10-8-6-4-2/h17-20,25-26H,3-16,21-22H2,1-2H3. The van der Waals surface area contributed by atoms with Gasteiger partial charge in [0.1, 0.15) is 0 Å². The number of rotatable bonds is 18. The van der Waals surface area contributed by atoms with Crippen molar-refractivity contribution in [2.75, 3.05) is 23.7 Å². The summed E-state index contributed by atoms with van der Waals surface area (Å²) in [6.45, 7) is 6.75. The van der Waals surface area contributed by atoms with Gasteiger partial charge in [-0.15, -0.1) is 0 Å². The Morgan fingerprint density at radius 1 is 0.462 bits per heavy atom. The summed E-state index contributed by atoms with van der Waals surface area (Å²) in [6.07, 6.45) is 19.2. The maximum absolute atomic E-state index is 3.55. The van der Waals surface area contributed by atoms with Crippen molar-refractivity contribution in [1.29, 1.82) is 0 Å². The molecular formula is C24H44N2. The van der Waals surface area contributed by atoms with Crippen LogP contribution in [0.4, 0.5) is 11.4 Å². The molecule has 0 unspecified atom stereocenters. The molecule has 0 radical (unpaired) electrons. The predicted molar refractivity (Wildman–Crippen MR) is 119 cm³/mol. The van der Waals surface area contributed by atoms with Gasteiger partial charge in [0, 0.05) is 24.5 Å². The molecule has 0 heterocycles. The maximum Gasteiger partial charge on any atom is 0.0341 e. The zero-order valence-electron chi connectivity index (χ0n) is 17.6. The molecule has 0 saturated carbocycles. The van der Waals surface area contributed by atoms with Crippen LogP contribution in [-0.4, -0.2) is 13.1 Å². The molecule has 0 aliphatic carbocycles. The third kappa shape index (κ3) is 13.1. The monoisotopic (exact) mass is 360 g/mol. The Bertz CT molecular complexity index is 360. The highest BCUT2D eigenvalue weighted by atomic mass is 14.9. The molecule has 150 valence electrons. The molecule has 2 N–H and O–H groups in total. The van der Waals surface area contributed by atoms with Gasteiger partial charge in [0.25, 0.3) is 0 Å². The fraction of sp³-hybridized carbons (Fsp3) is 0.750. The van der Waals surface area contributed by atoms with E-state index in [2.05, 4.69) is 48.7 Å². The van der Waals surface area contributed by atoms with Crippen molar-refractivity contribution in [3.05, 3.63) is 24.3 Å². The van der Waals surface area contributed by atoms with Crippen LogP contribution in [0.1, 0.15) is 104 Å². The second-order valence-corrected chi connectivity index (χ2v) is 7.67. The van der Waals surface area contributed by atoms with E-state index in [1.807, 2.05) is 0 Å². The average Bonchev–Trinajstić information content (AvgIpc) is 2.67. The van der Waals surface area contributed by atoms with Crippen LogP contribution in [0.25, 0.3) is 0 Å². The molecule has 1 aromatic carbocycles. The van der Waals surface area contributed by atoms with Crippen molar-refractivity contribution in [2.24, 2.45) is 0 Å². The van der Waals surface area contributed by atoms with E-state index in [4.69, 9.17) is 0 Å². The minimum atomic E-state index is 1.10. The zero-order chi connectivity index (χ0) is 18.7. The molecule has 0 amide bonds. The third-order valence-corrected chi connectivity index (χ3v) is 5.10. The van der Waals surface area contributed by atoms with Gasteiger partial charge in [0.2, 0.25) is 0 Å². The lowest BCUT2D eigenvalue weighted by Gasteiger charge is -2.09. The third-order valence-electron chi connectivity index (χ3n) is 5.10. The van der Waals surface area contributed by atoms with E-state index in [-0.39, 0.29) is 0 Å². The number of anilines is 2. The van der Waals surface area contributed by atoms with Crippen LogP contribution >= 0.6 is 0 Å². The molecule has 2 heteroatoms. The first-order chi connectivity index (χ1) is 12.9. The van der Waals surface area contributed by atoms with Gasteiger partial charge in [-0.1, -0.05) is 90.9 Å². The van der Waals surface area contributed by atoms with Crippen molar-refractivity contribution in [3.8, 4) is 0 Å². The summed E-state index contributed by atoms with van der Waals surface area (Å²) in [5.41, 5.74) is 2.50. The minimum absolute atomic E-state index is 1.10. The Hall–Kier alpha value is -1.18. The summed E-state index contributed by atoms with van der Waals surface area (Å²) >= 11 is 0. The van der Waals surface area contributed by atoms with Gasteiger partial charge < -0.3 is 10.6 Å². The van der Waals surface area contributed by atoms with Crippen LogP contribution in [0.3, 0.4) is 0 Å². The van der Waals surface area contributed by atoms with E-state index in [1.165, 1.54) is 101 Å². The lowest BCUT2D eigenvalue weighted by Crippen LogP contribution is -2.03. The predicted octanol–water partition coefficient (Wildman–Crippen LogP) is 8.01. The first-order valence-corrected chi connectivity index (χ1v) is 11.4. The lowest BCUT2D eigenvalue weighted by molar-refractivity contribution is 0.596. The van der Waals surface area contributed by atoms with Crippen molar-refractivity contribution >= 4 is 11.4 Å². The van der Waals surface area contributed by atoms with Crippen LogP contribution in [-0.2, 0) is 0 Å². The van der Waals surface area contributed by atoms with Gasteiger partial charge in [-0.3, -0.25) is 0 Å². The fourth-order valence-electron chi connectivity index (χ4n) is 3.34. The summed E-state index contributed by atoms with van der Waals surface area (Å²) in [5.74, 6) is 0. The van der Waals surface area contributed by atoms with Crippen molar-refractivity contribution in [2.45, 2.75) is 104 Å². The second kappa shape index (κ2) is 17.2. The molecule has 0 aliphatic rings. The quantitative estimate of drug-likeness (QED) is 0.259. The summed E-state index contributed by atoms with van der Waals surface area (Å²) in [6, 6.07) is 8.81. The van der Waals surface area contributed by atoms with E-state index in [9.17, 15) is 0 Å². The molecule has 1 aromatic rings. The molecule has 0 aliphatic heterocycles. The van der Waals surface area contributed by atoms with Gasteiger partial charge in [-0.2, -0.15) is 0 Å². The SMILES string of the molecule is CCCCCCCCCNc1ccc(NCCCCCCCCC)cc1. The molecule has 0 fully saturated rings. The van der Waals surface area contributed by atoms with E-state index in [0.717, 1.165) is 13.1 Å². The lowest BCUT2D eigenvalue weighted by atomic mass is 10.1. The normalized spacial score (nSPS) is 10.8. The molecule has 0 saturated heterocycles. The van der Waals surface area contributed by atoms with Crippen LogP contribution in [0.5, 0.6) is 0 Å². The van der Waals surface area contributed by atoms with E-state index in [0.29, 0.717) is 0 Å².